The molecule has 156 valence electrons. The van der Waals surface area contributed by atoms with Gasteiger partial charge in [0.15, 0.2) is 0 Å². The zero-order valence-electron chi connectivity index (χ0n) is 17.7. The average molecular weight is 398 g/mol. The van der Waals surface area contributed by atoms with Gasteiger partial charge < -0.3 is 14.7 Å². The summed E-state index contributed by atoms with van der Waals surface area (Å²) in [4.78, 5) is 45.3. The molecule has 0 radical (unpaired) electrons. The normalized spacial score (nSPS) is 23.2. The predicted octanol–water partition coefficient (Wildman–Crippen LogP) is 2.64. The van der Waals surface area contributed by atoms with Crippen LogP contribution in [0.25, 0.3) is 0 Å². The van der Waals surface area contributed by atoms with Crippen molar-refractivity contribution in [3.8, 4) is 0 Å². The molecule has 6 nitrogen and oxygen atoms in total. The van der Waals surface area contributed by atoms with E-state index in [1.54, 1.807) is 0 Å². The van der Waals surface area contributed by atoms with Gasteiger partial charge in [-0.1, -0.05) is 25.1 Å². The Morgan fingerprint density at radius 3 is 2.28 bits per heavy atom. The van der Waals surface area contributed by atoms with Gasteiger partial charge in [-0.15, -0.1) is 0 Å². The molecule has 0 N–H and O–H groups in total. The molecule has 3 heterocycles. The van der Waals surface area contributed by atoms with Crippen LogP contribution in [0.1, 0.15) is 68.3 Å². The van der Waals surface area contributed by atoms with Crippen molar-refractivity contribution in [2.45, 2.75) is 64.0 Å². The van der Waals surface area contributed by atoms with E-state index in [9.17, 15) is 14.4 Å². The van der Waals surface area contributed by atoms with E-state index >= 15 is 0 Å². The van der Waals surface area contributed by atoms with Crippen molar-refractivity contribution in [2.24, 2.45) is 0 Å². The van der Waals surface area contributed by atoms with Crippen molar-refractivity contribution >= 4 is 17.7 Å². The number of nitrogens with zero attached hydrogens (tertiary/aromatic N) is 3. The largest absolute Gasteiger partial charge is 0.343 e. The van der Waals surface area contributed by atoms with Crippen LogP contribution in [0, 0.1) is 0 Å². The zero-order valence-corrected chi connectivity index (χ0v) is 17.7. The summed E-state index contributed by atoms with van der Waals surface area (Å²) in [6.45, 7) is 8.71. The van der Waals surface area contributed by atoms with Crippen LogP contribution >= 0.6 is 0 Å². The van der Waals surface area contributed by atoms with E-state index in [-0.39, 0.29) is 29.7 Å². The number of fused-ring (bicyclic) bond motifs is 1. The minimum atomic E-state index is -0.573. The maximum absolute atomic E-state index is 13.7. The van der Waals surface area contributed by atoms with Gasteiger partial charge in [-0.3, -0.25) is 14.4 Å². The maximum Gasteiger partial charge on any atom is 0.254 e. The minimum absolute atomic E-state index is 0.0125. The van der Waals surface area contributed by atoms with Crippen molar-refractivity contribution in [3.63, 3.8) is 0 Å². The summed E-state index contributed by atoms with van der Waals surface area (Å²) < 4.78 is 0. The lowest BCUT2D eigenvalue weighted by atomic mass is 9.66. The molecule has 2 fully saturated rings. The first-order valence-electron chi connectivity index (χ1n) is 10.9. The molecule has 1 spiro atoms. The number of benzene rings is 1. The van der Waals surface area contributed by atoms with E-state index in [1.807, 2.05) is 59.7 Å². The highest BCUT2D eigenvalue weighted by molar-refractivity contribution is 6.02. The Morgan fingerprint density at radius 1 is 1.07 bits per heavy atom. The number of rotatable bonds is 3. The Bertz CT molecular complexity index is 822. The summed E-state index contributed by atoms with van der Waals surface area (Å²) in [5, 5.41) is 0. The lowest BCUT2D eigenvalue weighted by molar-refractivity contribution is -0.143. The lowest BCUT2D eigenvalue weighted by Gasteiger charge is -2.57. The van der Waals surface area contributed by atoms with Crippen molar-refractivity contribution in [1.29, 1.82) is 0 Å². The van der Waals surface area contributed by atoms with Gasteiger partial charge >= 0.3 is 0 Å². The van der Waals surface area contributed by atoms with Gasteiger partial charge in [0.1, 0.15) is 0 Å². The monoisotopic (exact) mass is 397 g/mol. The highest BCUT2D eigenvalue weighted by atomic mass is 16.2. The molecule has 1 aromatic rings. The summed E-state index contributed by atoms with van der Waals surface area (Å²) in [5.74, 6) is -0.0715. The quantitative estimate of drug-likeness (QED) is 0.788. The molecular formula is C23H31N3O3. The van der Waals surface area contributed by atoms with Gasteiger partial charge in [0, 0.05) is 44.2 Å². The molecule has 3 aliphatic rings. The van der Waals surface area contributed by atoms with Crippen LogP contribution in [-0.4, -0.2) is 70.2 Å². The fourth-order valence-electron chi connectivity index (χ4n) is 5.43. The first-order valence-corrected chi connectivity index (χ1v) is 10.9. The number of carbonyl (C=O) groups is 3. The fourth-order valence-corrected chi connectivity index (χ4v) is 5.43. The van der Waals surface area contributed by atoms with Crippen LogP contribution in [0.2, 0.25) is 0 Å². The molecule has 2 saturated heterocycles. The molecule has 29 heavy (non-hydrogen) atoms. The summed E-state index contributed by atoms with van der Waals surface area (Å²) in [7, 11) is 0. The van der Waals surface area contributed by atoms with Crippen LogP contribution in [0.5, 0.6) is 0 Å². The third-order valence-electron chi connectivity index (χ3n) is 6.95. The van der Waals surface area contributed by atoms with Gasteiger partial charge in [-0.05, 0) is 44.7 Å². The average Bonchev–Trinajstić information content (AvgIpc) is 2.66. The van der Waals surface area contributed by atoms with Gasteiger partial charge in [0.25, 0.3) is 5.91 Å². The maximum atomic E-state index is 13.7. The molecule has 4 rings (SSSR count). The lowest BCUT2D eigenvalue weighted by Crippen LogP contribution is -2.67. The van der Waals surface area contributed by atoms with Gasteiger partial charge in [0.2, 0.25) is 11.8 Å². The number of hydrogen-bond acceptors (Lipinski definition) is 3. The molecule has 1 aromatic carbocycles. The summed E-state index contributed by atoms with van der Waals surface area (Å²) >= 11 is 0. The number of carbonyl (C=O) groups excluding carboxylic acids is 3. The van der Waals surface area contributed by atoms with E-state index in [0.29, 0.717) is 37.9 Å². The summed E-state index contributed by atoms with van der Waals surface area (Å²) in [6, 6.07) is 7.60. The van der Waals surface area contributed by atoms with Crippen LogP contribution in [0.15, 0.2) is 24.3 Å². The number of likely N-dealkylation sites (tertiary alicyclic amines) is 2. The third kappa shape index (κ3) is 3.04. The second-order valence-electron chi connectivity index (χ2n) is 8.81. The highest BCUT2D eigenvalue weighted by Gasteiger charge is 2.57. The van der Waals surface area contributed by atoms with E-state index in [1.165, 1.54) is 0 Å². The first kappa shape index (κ1) is 19.9. The Labute approximate surface area is 172 Å². The Hall–Kier alpha value is -2.37. The zero-order chi connectivity index (χ0) is 20.8. The van der Waals surface area contributed by atoms with Crippen molar-refractivity contribution in [2.75, 3.05) is 26.2 Å². The molecule has 1 unspecified atom stereocenters. The molecule has 0 bridgehead atoms. The van der Waals surface area contributed by atoms with Gasteiger partial charge in [-0.25, -0.2) is 0 Å². The van der Waals surface area contributed by atoms with Crippen LogP contribution in [0.3, 0.4) is 0 Å². The van der Waals surface area contributed by atoms with Crippen molar-refractivity contribution < 1.29 is 14.4 Å². The van der Waals surface area contributed by atoms with Gasteiger partial charge in [0.05, 0.1) is 11.5 Å². The molecule has 0 saturated carbocycles. The smallest absolute Gasteiger partial charge is 0.254 e. The summed E-state index contributed by atoms with van der Waals surface area (Å²) in [6.07, 6.45) is 2.81. The van der Waals surface area contributed by atoms with Crippen LogP contribution in [0.4, 0.5) is 0 Å². The SMILES string of the molecule is CCC(=O)N1CCC2(CC1)C(C(=O)N1CCC1)c1ccccc1C(=O)N2C(C)C. The molecule has 3 amide bonds. The second kappa shape index (κ2) is 7.47. The Kier molecular flexibility index (Phi) is 5.13. The minimum Gasteiger partial charge on any atom is -0.343 e. The molecular weight excluding hydrogens is 366 g/mol. The molecule has 0 aromatic heterocycles. The first-order chi connectivity index (χ1) is 13.9. The van der Waals surface area contributed by atoms with E-state index < -0.39 is 5.54 Å². The van der Waals surface area contributed by atoms with Crippen LogP contribution < -0.4 is 0 Å². The van der Waals surface area contributed by atoms with E-state index in [2.05, 4.69) is 0 Å². The second-order valence-corrected chi connectivity index (χ2v) is 8.81. The molecule has 6 heteroatoms. The fraction of sp³-hybridized carbons (Fsp3) is 0.609. The number of amides is 3. The molecule has 0 aliphatic carbocycles. The summed E-state index contributed by atoms with van der Waals surface area (Å²) in [5.41, 5.74) is 0.941. The van der Waals surface area contributed by atoms with E-state index in [4.69, 9.17) is 0 Å². The molecule has 3 aliphatic heterocycles. The van der Waals surface area contributed by atoms with Gasteiger partial charge in [-0.2, -0.15) is 0 Å². The Morgan fingerprint density at radius 2 is 1.72 bits per heavy atom. The molecule has 1 atom stereocenters. The number of piperidine rings is 1. The number of hydrogen-bond donors (Lipinski definition) is 0. The standard InChI is InChI=1S/C23H31N3O3/c1-4-19(27)24-14-10-23(11-15-24)20(22(29)25-12-7-13-25)17-8-5-6-9-18(17)21(28)26(23)16(2)3/h5-6,8-9,16,20H,4,7,10-15H2,1-3H3. The Balaban J connectivity index is 1.81. The third-order valence-corrected chi connectivity index (χ3v) is 6.95. The predicted molar refractivity (Wildman–Crippen MR) is 111 cm³/mol. The van der Waals surface area contributed by atoms with Crippen molar-refractivity contribution in [3.05, 3.63) is 35.4 Å². The van der Waals surface area contributed by atoms with Crippen LogP contribution in [-0.2, 0) is 9.59 Å². The van der Waals surface area contributed by atoms with E-state index in [0.717, 1.165) is 25.1 Å². The highest BCUT2D eigenvalue weighted by Crippen LogP contribution is 2.49. The van der Waals surface area contributed by atoms with Crippen molar-refractivity contribution in [1.82, 2.24) is 14.7 Å². The topological polar surface area (TPSA) is 60.9 Å².